The standard InChI is InChI=1S/C8H12N4O/c9-3-1-5-12(6-2-4-10)7-8(11)13/h1-2,5-7H2,(H2,11,13). The van der Waals surface area contributed by atoms with E-state index in [4.69, 9.17) is 16.3 Å². The lowest BCUT2D eigenvalue weighted by Gasteiger charge is -2.16. The van der Waals surface area contributed by atoms with Crippen LogP contribution in [0.3, 0.4) is 0 Å². The lowest BCUT2D eigenvalue weighted by Crippen LogP contribution is -2.35. The molecule has 0 unspecified atom stereocenters. The molecule has 2 N–H and O–H groups in total. The molecule has 0 rings (SSSR count). The SMILES string of the molecule is N#CCCN(CCC#N)CC(N)=O. The molecule has 0 saturated heterocycles. The first kappa shape index (κ1) is 11.4. The van der Waals surface area contributed by atoms with Gasteiger partial charge in [-0.15, -0.1) is 0 Å². The number of hydrogen-bond donors (Lipinski definition) is 1. The maximum Gasteiger partial charge on any atom is 0.231 e. The molecule has 0 spiro atoms. The number of rotatable bonds is 6. The molecule has 5 heteroatoms. The Kier molecular flexibility index (Phi) is 6.21. The van der Waals surface area contributed by atoms with E-state index in [0.29, 0.717) is 25.9 Å². The summed E-state index contributed by atoms with van der Waals surface area (Å²) in [5.41, 5.74) is 4.99. The fraction of sp³-hybridized carbons (Fsp3) is 0.625. The molecule has 0 radical (unpaired) electrons. The molecule has 5 nitrogen and oxygen atoms in total. The van der Waals surface area contributed by atoms with E-state index in [2.05, 4.69) is 0 Å². The quantitative estimate of drug-likeness (QED) is 0.601. The minimum atomic E-state index is -0.434. The third kappa shape index (κ3) is 6.79. The van der Waals surface area contributed by atoms with Crippen molar-refractivity contribution in [3.8, 4) is 12.1 Å². The van der Waals surface area contributed by atoms with Gasteiger partial charge in [0.25, 0.3) is 0 Å². The molecule has 0 heterocycles. The van der Waals surface area contributed by atoms with Gasteiger partial charge >= 0.3 is 0 Å². The highest BCUT2D eigenvalue weighted by molar-refractivity contribution is 5.75. The summed E-state index contributed by atoms with van der Waals surface area (Å²) in [5.74, 6) is -0.434. The summed E-state index contributed by atoms with van der Waals surface area (Å²) in [6, 6.07) is 3.94. The molecular formula is C8H12N4O. The third-order valence-electron chi connectivity index (χ3n) is 1.46. The molecule has 13 heavy (non-hydrogen) atoms. The van der Waals surface area contributed by atoms with Gasteiger partial charge in [0.2, 0.25) is 5.91 Å². The van der Waals surface area contributed by atoms with Crippen molar-refractivity contribution in [1.82, 2.24) is 4.90 Å². The summed E-state index contributed by atoms with van der Waals surface area (Å²) in [5, 5.41) is 16.6. The van der Waals surface area contributed by atoms with Gasteiger partial charge in [-0.3, -0.25) is 9.69 Å². The summed E-state index contributed by atoms with van der Waals surface area (Å²) >= 11 is 0. The number of primary amides is 1. The number of nitrogens with two attached hydrogens (primary N) is 1. The fourth-order valence-corrected chi connectivity index (χ4v) is 0.907. The minimum Gasteiger partial charge on any atom is -0.369 e. The molecule has 0 saturated carbocycles. The lowest BCUT2D eigenvalue weighted by atomic mass is 10.3. The van der Waals surface area contributed by atoms with Crippen LogP contribution in [0.1, 0.15) is 12.8 Å². The molecule has 0 atom stereocenters. The summed E-state index contributed by atoms with van der Waals surface area (Å²) in [6.45, 7) is 1.09. The number of amides is 1. The van der Waals surface area contributed by atoms with Gasteiger partial charge in [-0.1, -0.05) is 0 Å². The van der Waals surface area contributed by atoms with Crippen LogP contribution >= 0.6 is 0 Å². The Labute approximate surface area is 77.3 Å². The van der Waals surface area contributed by atoms with Crippen LogP contribution in [0.5, 0.6) is 0 Å². The number of nitriles is 2. The Hall–Kier alpha value is -1.59. The number of nitrogens with zero attached hydrogens (tertiary/aromatic N) is 3. The van der Waals surface area contributed by atoms with Crippen LogP contribution in [0.4, 0.5) is 0 Å². The van der Waals surface area contributed by atoms with E-state index in [0.717, 1.165) is 0 Å². The van der Waals surface area contributed by atoms with E-state index in [9.17, 15) is 4.79 Å². The molecule has 0 aromatic rings. The maximum absolute atomic E-state index is 10.6. The highest BCUT2D eigenvalue weighted by Crippen LogP contribution is 1.92. The van der Waals surface area contributed by atoms with Crippen molar-refractivity contribution in [2.45, 2.75) is 12.8 Å². The van der Waals surface area contributed by atoms with Gasteiger partial charge in [-0.25, -0.2) is 0 Å². The Morgan fingerprint density at radius 1 is 1.23 bits per heavy atom. The molecular weight excluding hydrogens is 168 g/mol. The summed E-state index contributed by atoms with van der Waals surface area (Å²) in [6.07, 6.45) is 0.692. The predicted octanol–water partition coefficient (Wildman–Crippen LogP) is -0.399. The molecule has 1 amide bonds. The topological polar surface area (TPSA) is 93.9 Å². The van der Waals surface area contributed by atoms with Crippen molar-refractivity contribution in [3.05, 3.63) is 0 Å². The Balaban J connectivity index is 3.82. The average molecular weight is 180 g/mol. The van der Waals surface area contributed by atoms with Gasteiger partial charge in [0.05, 0.1) is 18.7 Å². The van der Waals surface area contributed by atoms with Crippen LogP contribution in [0.2, 0.25) is 0 Å². The molecule has 70 valence electrons. The molecule has 0 aliphatic rings. The van der Waals surface area contributed by atoms with E-state index in [-0.39, 0.29) is 6.54 Å². The molecule has 0 aliphatic carbocycles. The Morgan fingerprint density at radius 3 is 2.00 bits per heavy atom. The minimum absolute atomic E-state index is 0.114. The van der Waals surface area contributed by atoms with Crippen LogP contribution in [-0.2, 0) is 4.79 Å². The second kappa shape index (κ2) is 7.08. The van der Waals surface area contributed by atoms with Gasteiger partial charge in [0.15, 0.2) is 0 Å². The van der Waals surface area contributed by atoms with Crippen molar-refractivity contribution < 1.29 is 4.79 Å². The average Bonchev–Trinajstić information content (AvgIpc) is 2.09. The van der Waals surface area contributed by atoms with E-state index in [1.807, 2.05) is 12.1 Å². The molecule has 0 aromatic heterocycles. The van der Waals surface area contributed by atoms with E-state index < -0.39 is 5.91 Å². The number of carbonyl (C=O) groups is 1. The molecule has 0 bridgehead atoms. The van der Waals surface area contributed by atoms with Crippen LogP contribution in [0, 0.1) is 22.7 Å². The first-order valence-corrected chi connectivity index (χ1v) is 3.95. The zero-order valence-corrected chi connectivity index (χ0v) is 7.36. The largest absolute Gasteiger partial charge is 0.369 e. The van der Waals surface area contributed by atoms with Gasteiger partial charge in [-0.2, -0.15) is 10.5 Å². The zero-order valence-electron chi connectivity index (χ0n) is 7.36. The molecule has 0 aliphatic heterocycles. The van der Waals surface area contributed by atoms with Crippen molar-refractivity contribution in [2.75, 3.05) is 19.6 Å². The monoisotopic (exact) mass is 180 g/mol. The van der Waals surface area contributed by atoms with E-state index >= 15 is 0 Å². The first-order valence-electron chi connectivity index (χ1n) is 3.95. The Morgan fingerprint density at radius 2 is 1.69 bits per heavy atom. The van der Waals surface area contributed by atoms with Gasteiger partial charge < -0.3 is 5.73 Å². The Bertz CT molecular complexity index is 220. The van der Waals surface area contributed by atoms with E-state index in [1.54, 1.807) is 4.90 Å². The molecule has 0 aromatic carbocycles. The van der Waals surface area contributed by atoms with Crippen molar-refractivity contribution >= 4 is 5.91 Å². The predicted molar refractivity (Wildman–Crippen MR) is 46.1 cm³/mol. The smallest absolute Gasteiger partial charge is 0.231 e. The van der Waals surface area contributed by atoms with Crippen LogP contribution in [0.25, 0.3) is 0 Å². The van der Waals surface area contributed by atoms with E-state index in [1.165, 1.54) is 0 Å². The van der Waals surface area contributed by atoms with Crippen LogP contribution < -0.4 is 5.73 Å². The van der Waals surface area contributed by atoms with Crippen LogP contribution in [0.15, 0.2) is 0 Å². The third-order valence-corrected chi connectivity index (χ3v) is 1.46. The highest BCUT2D eigenvalue weighted by atomic mass is 16.1. The second-order valence-corrected chi connectivity index (χ2v) is 2.56. The normalized spacial score (nSPS) is 9.15. The second-order valence-electron chi connectivity index (χ2n) is 2.56. The van der Waals surface area contributed by atoms with Gasteiger partial charge in [-0.05, 0) is 0 Å². The maximum atomic E-state index is 10.6. The summed E-state index contributed by atoms with van der Waals surface area (Å²) in [7, 11) is 0. The zero-order chi connectivity index (χ0) is 10.1. The summed E-state index contributed by atoms with van der Waals surface area (Å²) in [4.78, 5) is 12.3. The molecule has 0 fully saturated rings. The lowest BCUT2D eigenvalue weighted by molar-refractivity contribution is -0.119. The van der Waals surface area contributed by atoms with Gasteiger partial charge in [0, 0.05) is 25.9 Å². The van der Waals surface area contributed by atoms with Crippen molar-refractivity contribution in [1.29, 1.82) is 10.5 Å². The highest BCUT2D eigenvalue weighted by Gasteiger charge is 2.06. The van der Waals surface area contributed by atoms with Gasteiger partial charge in [0.1, 0.15) is 0 Å². The number of carbonyl (C=O) groups excluding carboxylic acids is 1. The summed E-state index contributed by atoms with van der Waals surface area (Å²) < 4.78 is 0. The van der Waals surface area contributed by atoms with Crippen molar-refractivity contribution in [3.63, 3.8) is 0 Å². The first-order chi connectivity index (χ1) is 6.20. The number of hydrogen-bond acceptors (Lipinski definition) is 4. The van der Waals surface area contributed by atoms with Crippen LogP contribution in [-0.4, -0.2) is 30.4 Å². The fourth-order valence-electron chi connectivity index (χ4n) is 0.907. The van der Waals surface area contributed by atoms with Crippen molar-refractivity contribution in [2.24, 2.45) is 5.73 Å².